The van der Waals surface area contributed by atoms with Crippen LogP contribution in [-0.2, 0) is 9.47 Å². The molecule has 0 unspecified atom stereocenters. The van der Waals surface area contributed by atoms with Gasteiger partial charge in [0.25, 0.3) is 0 Å². The largest absolute Gasteiger partial charge is 0.508 e. The van der Waals surface area contributed by atoms with Crippen LogP contribution in [0, 0.1) is 0 Å². The molecule has 0 aromatic heterocycles. The first-order valence-corrected chi connectivity index (χ1v) is 6.20. The second-order valence-electron chi connectivity index (χ2n) is 4.35. The van der Waals surface area contributed by atoms with Crippen LogP contribution in [0.5, 0.6) is 17.2 Å². The summed E-state index contributed by atoms with van der Waals surface area (Å²) in [6.45, 7) is 0. The number of rotatable bonds is 4. The molecule has 0 aliphatic heterocycles. The number of phenols is 3. The van der Waals surface area contributed by atoms with Gasteiger partial charge in [-0.1, -0.05) is 0 Å². The van der Waals surface area contributed by atoms with E-state index in [1.54, 1.807) is 12.1 Å². The number of phenolic OH excluding ortho intramolecular Hbond substituents is 3. The van der Waals surface area contributed by atoms with E-state index in [0.717, 1.165) is 0 Å². The highest BCUT2D eigenvalue weighted by Gasteiger charge is 2.15. The van der Waals surface area contributed by atoms with Crippen LogP contribution in [0.1, 0.15) is 11.1 Å². The van der Waals surface area contributed by atoms with Crippen LogP contribution in [0.15, 0.2) is 42.5 Å². The first kappa shape index (κ1) is 14.6. The summed E-state index contributed by atoms with van der Waals surface area (Å²) in [6.07, 6.45) is 0. The molecule has 2 aromatic rings. The van der Waals surface area contributed by atoms with Gasteiger partial charge in [0.1, 0.15) is 17.2 Å². The molecule has 0 bridgehead atoms. The third-order valence-electron chi connectivity index (χ3n) is 2.91. The maximum Gasteiger partial charge on any atom is 0.168 e. The van der Waals surface area contributed by atoms with Gasteiger partial charge in [-0.2, -0.15) is 0 Å². The molecular formula is C16H16O5. The van der Waals surface area contributed by atoms with Gasteiger partial charge in [-0.15, -0.1) is 0 Å². The van der Waals surface area contributed by atoms with Gasteiger partial charge in [0.2, 0.25) is 0 Å². The van der Waals surface area contributed by atoms with Crippen LogP contribution in [-0.4, -0.2) is 29.5 Å². The Morgan fingerprint density at radius 2 is 1.14 bits per heavy atom. The predicted molar refractivity (Wildman–Crippen MR) is 78.7 cm³/mol. The smallest absolute Gasteiger partial charge is 0.168 e. The molecule has 0 saturated carbocycles. The lowest BCUT2D eigenvalue weighted by Crippen LogP contribution is -1.97. The molecule has 0 aliphatic rings. The molecule has 21 heavy (non-hydrogen) atoms. The van der Waals surface area contributed by atoms with Gasteiger partial charge in [0.05, 0.1) is 14.2 Å². The molecule has 0 radical (unpaired) electrons. The van der Waals surface area contributed by atoms with Crippen molar-refractivity contribution < 1.29 is 24.8 Å². The zero-order chi connectivity index (χ0) is 15.4. The van der Waals surface area contributed by atoms with Gasteiger partial charge in [0, 0.05) is 17.2 Å². The highest BCUT2D eigenvalue weighted by molar-refractivity contribution is 5.84. The molecule has 110 valence electrons. The van der Waals surface area contributed by atoms with Crippen LogP contribution in [0.2, 0.25) is 0 Å². The van der Waals surface area contributed by atoms with Gasteiger partial charge >= 0.3 is 0 Å². The normalized spacial score (nSPS) is 11.7. The minimum atomic E-state index is -0.0827. The number of aromatic hydroxyl groups is 3. The molecule has 0 aliphatic carbocycles. The lowest BCUT2D eigenvalue weighted by molar-refractivity contribution is 0.328. The number of hydrogen-bond donors (Lipinski definition) is 3. The van der Waals surface area contributed by atoms with Crippen molar-refractivity contribution in [1.82, 2.24) is 0 Å². The number of ether oxygens (including phenoxy) is 2. The molecule has 3 N–H and O–H groups in total. The maximum atomic E-state index is 9.59. The van der Waals surface area contributed by atoms with E-state index in [9.17, 15) is 15.3 Å². The molecule has 0 saturated heterocycles. The van der Waals surface area contributed by atoms with Crippen LogP contribution < -0.4 is 0 Å². The van der Waals surface area contributed by atoms with Crippen LogP contribution in [0.3, 0.4) is 0 Å². The Morgan fingerprint density at radius 3 is 1.62 bits per heavy atom. The van der Waals surface area contributed by atoms with Crippen LogP contribution >= 0.6 is 0 Å². The van der Waals surface area contributed by atoms with E-state index in [1.165, 1.54) is 44.6 Å². The lowest BCUT2D eigenvalue weighted by Gasteiger charge is -2.14. The molecular weight excluding hydrogens is 272 g/mol. The Morgan fingerprint density at radius 1 is 0.667 bits per heavy atom. The Hall–Kier alpha value is -2.82. The van der Waals surface area contributed by atoms with Crippen molar-refractivity contribution in [1.29, 1.82) is 0 Å². The van der Waals surface area contributed by atoms with Crippen LogP contribution in [0.25, 0.3) is 11.5 Å². The Balaban J connectivity index is 2.60. The average molecular weight is 288 g/mol. The SMILES string of the molecule is COC(=C(OC)c1cc(O)cc(O)c1)c1ccc(O)cc1. The van der Waals surface area contributed by atoms with Gasteiger partial charge in [-0.3, -0.25) is 0 Å². The molecule has 5 nitrogen and oxygen atoms in total. The summed E-state index contributed by atoms with van der Waals surface area (Å²) in [7, 11) is 2.96. The Kier molecular flexibility index (Phi) is 4.23. The number of benzene rings is 2. The minimum Gasteiger partial charge on any atom is -0.508 e. The minimum absolute atomic E-state index is 0.0827. The third kappa shape index (κ3) is 3.20. The Bertz CT molecular complexity index is 639. The van der Waals surface area contributed by atoms with Gasteiger partial charge < -0.3 is 24.8 Å². The van der Waals surface area contributed by atoms with E-state index >= 15 is 0 Å². The molecule has 0 heterocycles. The second kappa shape index (κ2) is 6.09. The third-order valence-corrected chi connectivity index (χ3v) is 2.91. The average Bonchev–Trinajstić information content (AvgIpc) is 2.44. The summed E-state index contributed by atoms with van der Waals surface area (Å²) >= 11 is 0. The predicted octanol–water partition coefficient (Wildman–Crippen LogP) is 2.92. The summed E-state index contributed by atoms with van der Waals surface area (Å²) < 4.78 is 10.7. The molecule has 0 amide bonds. The van der Waals surface area contributed by atoms with E-state index in [4.69, 9.17) is 9.47 Å². The maximum absolute atomic E-state index is 9.59. The molecule has 0 spiro atoms. The summed E-state index contributed by atoms with van der Waals surface area (Å²) in [4.78, 5) is 0. The fourth-order valence-corrected chi connectivity index (χ4v) is 2.02. The molecule has 2 rings (SSSR count). The van der Waals surface area contributed by atoms with Crippen LogP contribution in [0.4, 0.5) is 0 Å². The fraction of sp³-hybridized carbons (Fsp3) is 0.125. The second-order valence-corrected chi connectivity index (χ2v) is 4.35. The quantitative estimate of drug-likeness (QED) is 0.595. The highest BCUT2D eigenvalue weighted by Crippen LogP contribution is 2.32. The van der Waals surface area contributed by atoms with E-state index in [0.29, 0.717) is 22.6 Å². The first-order chi connectivity index (χ1) is 10.0. The van der Waals surface area contributed by atoms with E-state index in [1.807, 2.05) is 0 Å². The summed E-state index contributed by atoms with van der Waals surface area (Å²) in [5, 5.41) is 28.5. The van der Waals surface area contributed by atoms with E-state index < -0.39 is 0 Å². The zero-order valence-corrected chi connectivity index (χ0v) is 11.7. The summed E-state index contributed by atoms with van der Waals surface area (Å²) in [5.41, 5.74) is 1.16. The molecule has 0 fully saturated rings. The molecule has 5 heteroatoms. The zero-order valence-electron chi connectivity index (χ0n) is 11.7. The summed E-state index contributed by atoms with van der Waals surface area (Å²) in [6, 6.07) is 10.6. The van der Waals surface area contributed by atoms with Gasteiger partial charge in [0.15, 0.2) is 11.5 Å². The molecule has 0 atom stereocenters. The van der Waals surface area contributed by atoms with Crippen molar-refractivity contribution in [3.05, 3.63) is 53.6 Å². The number of methoxy groups -OCH3 is 2. The van der Waals surface area contributed by atoms with Gasteiger partial charge in [-0.05, 0) is 36.4 Å². The van der Waals surface area contributed by atoms with Crippen molar-refractivity contribution in [2.24, 2.45) is 0 Å². The van der Waals surface area contributed by atoms with Crippen molar-refractivity contribution >= 4 is 11.5 Å². The standard InChI is InChI=1S/C16H16O5/c1-20-15(10-3-5-12(17)6-4-10)16(21-2)11-7-13(18)9-14(19)8-11/h3-9,17-19H,1-2H3. The lowest BCUT2D eigenvalue weighted by atomic mass is 10.1. The first-order valence-electron chi connectivity index (χ1n) is 6.20. The number of hydrogen-bond acceptors (Lipinski definition) is 5. The van der Waals surface area contributed by atoms with Crippen molar-refractivity contribution in [3.8, 4) is 17.2 Å². The van der Waals surface area contributed by atoms with Crippen molar-refractivity contribution in [2.75, 3.05) is 14.2 Å². The van der Waals surface area contributed by atoms with Gasteiger partial charge in [-0.25, -0.2) is 0 Å². The van der Waals surface area contributed by atoms with E-state index in [2.05, 4.69) is 0 Å². The molecule has 2 aromatic carbocycles. The Labute approximate surface area is 122 Å². The topological polar surface area (TPSA) is 79.2 Å². The monoisotopic (exact) mass is 288 g/mol. The fourth-order valence-electron chi connectivity index (χ4n) is 2.02. The van der Waals surface area contributed by atoms with Crippen molar-refractivity contribution in [3.63, 3.8) is 0 Å². The summed E-state index contributed by atoms with van der Waals surface area (Å²) in [5.74, 6) is 0.751. The highest BCUT2D eigenvalue weighted by atomic mass is 16.5. The van der Waals surface area contributed by atoms with E-state index in [-0.39, 0.29) is 17.2 Å². The van der Waals surface area contributed by atoms with Crippen molar-refractivity contribution in [2.45, 2.75) is 0 Å².